The Morgan fingerprint density at radius 3 is 2.30 bits per heavy atom. The van der Waals surface area contributed by atoms with Crippen molar-refractivity contribution in [3.05, 3.63) is 11.8 Å². The molecule has 0 atom stereocenters. The van der Waals surface area contributed by atoms with Crippen molar-refractivity contribution >= 4 is 6.09 Å². The van der Waals surface area contributed by atoms with Gasteiger partial charge in [-0.2, -0.15) is 5.26 Å². The highest BCUT2D eigenvalue weighted by Crippen LogP contribution is 2.25. The second-order valence-corrected chi connectivity index (χ2v) is 6.40. The number of hydrogen-bond acceptors (Lipinski definition) is 4. The first-order valence-electron chi connectivity index (χ1n) is 6.99. The molecule has 0 saturated carbocycles. The largest absolute Gasteiger partial charge is 0.444 e. The van der Waals surface area contributed by atoms with Crippen molar-refractivity contribution in [1.29, 1.82) is 5.26 Å². The molecule has 1 heterocycles. The minimum Gasteiger partial charge on any atom is -0.444 e. The van der Waals surface area contributed by atoms with Crippen molar-refractivity contribution in [1.82, 2.24) is 9.80 Å². The lowest BCUT2D eigenvalue weighted by molar-refractivity contribution is 0.0195. The molecule has 0 bridgehead atoms. The molecule has 0 aromatic rings. The number of hydrogen-bond donors (Lipinski definition) is 0. The minimum absolute atomic E-state index is 0.237. The van der Waals surface area contributed by atoms with Crippen molar-refractivity contribution in [2.24, 2.45) is 5.92 Å². The first kappa shape index (κ1) is 16.4. The average Bonchev–Trinajstić information content (AvgIpc) is 2.34. The summed E-state index contributed by atoms with van der Waals surface area (Å²) in [6.07, 6.45) is 3.23. The van der Waals surface area contributed by atoms with Crippen LogP contribution in [0.15, 0.2) is 11.8 Å². The molecule has 0 radical (unpaired) electrons. The maximum absolute atomic E-state index is 12.0. The zero-order valence-corrected chi connectivity index (χ0v) is 13.1. The van der Waals surface area contributed by atoms with E-state index in [1.807, 2.05) is 46.0 Å². The molecule has 0 aliphatic carbocycles. The molecular formula is C15H25N3O2. The van der Waals surface area contributed by atoms with E-state index in [0.717, 1.165) is 18.4 Å². The molecule has 0 N–H and O–H groups in total. The fraction of sp³-hybridized carbons (Fsp3) is 0.733. The molecule has 0 aromatic heterocycles. The van der Waals surface area contributed by atoms with Crippen molar-refractivity contribution in [3.63, 3.8) is 0 Å². The van der Waals surface area contributed by atoms with E-state index in [1.54, 1.807) is 4.90 Å². The molecular weight excluding hydrogens is 254 g/mol. The van der Waals surface area contributed by atoms with Gasteiger partial charge in [-0.25, -0.2) is 4.79 Å². The molecule has 1 rings (SSSR count). The SMILES string of the molecule is CN(C)/C=C(\C#N)C1CCN(C(=O)OC(C)(C)C)CC1. The molecule has 1 saturated heterocycles. The van der Waals surface area contributed by atoms with Crippen molar-refractivity contribution in [2.45, 2.75) is 39.2 Å². The first-order chi connectivity index (χ1) is 9.23. The van der Waals surface area contributed by atoms with E-state index in [-0.39, 0.29) is 12.0 Å². The first-order valence-corrected chi connectivity index (χ1v) is 6.99. The van der Waals surface area contributed by atoms with Crippen LogP contribution in [-0.4, -0.2) is 48.7 Å². The van der Waals surface area contributed by atoms with Crippen LogP contribution < -0.4 is 0 Å². The van der Waals surface area contributed by atoms with E-state index in [4.69, 9.17) is 4.74 Å². The number of allylic oxidation sites excluding steroid dienone is 1. The lowest BCUT2D eigenvalue weighted by Crippen LogP contribution is -2.42. The van der Waals surface area contributed by atoms with Crippen LogP contribution in [0.2, 0.25) is 0 Å². The van der Waals surface area contributed by atoms with Gasteiger partial charge in [-0.15, -0.1) is 0 Å². The zero-order valence-electron chi connectivity index (χ0n) is 13.1. The van der Waals surface area contributed by atoms with Gasteiger partial charge in [-0.1, -0.05) is 0 Å². The highest BCUT2D eigenvalue weighted by atomic mass is 16.6. The van der Waals surface area contributed by atoms with Gasteiger partial charge in [-0.05, 0) is 39.5 Å². The van der Waals surface area contributed by atoms with Crippen LogP contribution in [0.5, 0.6) is 0 Å². The predicted octanol–water partition coefficient (Wildman–Crippen LogP) is 2.60. The van der Waals surface area contributed by atoms with Gasteiger partial charge in [-0.3, -0.25) is 0 Å². The molecule has 0 unspecified atom stereocenters. The Bertz CT molecular complexity index is 408. The van der Waals surface area contributed by atoms with Crippen LogP contribution in [0.3, 0.4) is 0 Å². The Morgan fingerprint density at radius 2 is 1.90 bits per heavy atom. The normalized spacial score (nSPS) is 17.6. The summed E-state index contributed by atoms with van der Waals surface area (Å²) in [7, 11) is 3.82. The second kappa shape index (κ2) is 6.65. The van der Waals surface area contributed by atoms with Crippen molar-refractivity contribution in [2.75, 3.05) is 27.2 Å². The zero-order chi connectivity index (χ0) is 15.3. The molecule has 5 nitrogen and oxygen atoms in total. The van der Waals surface area contributed by atoms with Gasteiger partial charge in [0.1, 0.15) is 5.60 Å². The van der Waals surface area contributed by atoms with E-state index in [1.165, 1.54) is 0 Å². The summed E-state index contributed by atoms with van der Waals surface area (Å²) in [5, 5.41) is 9.20. The van der Waals surface area contributed by atoms with Crippen LogP contribution >= 0.6 is 0 Å². The molecule has 1 aliphatic rings. The van der Waals surface area contributed by atoms with Crippen molar-refractivity contribution < 1.29 is 9.53 Å². The third kappa shape index (κ3) is 5.12. The van der Waals surface area contributed by atoms with E-state index in [2.05, 4.69) is 6.07 Å². The Balaban J connectivity index is 2.56. The Labute approximate surface area is 121 Å². The predicted molar refractivity (Wildman–Crippen MR) is 77.9 cm³/mol. The Kier molecular flexibility index (Phi) is 5.43. The molecule has 0 aromatic carbocycles. The number of carbonyl (C=O) groups excluding carboxylic acids is 1. The van der Waals surface area contributed by atoms with Gasteiger partial charge < -0.3 is 14.5 Å². The summed E-state index contributed by atoms with van der Waals surface area (Å²) >= 11 is 0. The van der Waals surface area contributed by atoms with E-state index in [0.29, 0.717) is 13.1 Å². The average molecular weight is 279 g/mol. The summed E-state index contributed by atoms with van der Waals surface area (Å²) in [4.78, 5) is 15.6. The molecule has 1 fully saturated rings. The molecule has 20 heavy (non-hydrogen) atoms. The number of nitriles is 1. The monoisotopic (exact) mass is 279 g/mol. The third-order valence-electron chi connectivity index (χ3n) is 3.11. The van der Waals surface area contributed by atoms with E-state index in [9.17, 15) is 10.1 Å². The summed E-state index contributed by atoms with van der Waals surface area (Å²) in [5.74, 6) is 0.237. The van der Waals surface area contributed by atoms with Crippen molar-refractivity contribution in [3.8, 4) is 6.07 Å². The Morgan fingerprint density at radius 1 is 1.35 bits per heavy atom. The smallest absolute Gasteiger partial charge is 0.410 e. The number of likely N-dealkylation sites (tertiary alicyclic amines) is 1. The highest BCUT2D eigenvalue weighted by Gasteiger charge is 2.28. The summed E-state index contributed by atoms with van der Waals surface area (Å²) < 4.78 is 5.36. The van der Waals surface area contributed by atoms with Gasteiger partial charge in [0, 0.05) is 39.0 Å². The lowest BCUT2D eigenvalue weighted by atomic mass is 9.90. The second-order valence-electron chi connectivity index (χ2n) is 6.40. The number of amides is 1. The van der Waals surface area contributed by atoms with Crippen LogP contribution in [0.25, 0.3) is 0 Å². The Hall–Kier alpha value is -1.70. The molecule has 112 valence electrons. The van der Waals surface area contributed by atoms with Gasteiger partial charge in [0.2, 0.25) is 0 Å². The number of carbonyl (C=O) groups is 1. The topological polar surface area (TPSA) is 56.6 Å². The maximum Gasteiger partial charge on any atom is 0.410 e. The molecule has 1 amide bonds. The summed E-state index contributed by atoms with van der Waals surface area (Å²) in [5.41, 5.74) is 0.329. The van der Waals surface area contributed by atoms with Gasteiger partial charge in [0.25, 0.3) is 0 Å². The molecule has 1 aliphatic heterocycles. The van der Waals surface area contributed by atoms with Gasteiger partial charge in [0.05, 0.1) is 6.07 Å². The van der Waals surface area contributed by atoms with Gasteiger partial charge in [0.15, 0.2) is 0 Å². The van der Waals surface area contributed by atoms with E-state index < -0.39 is 5.60 Å². The number of rotatable bonds is 2. The summed E-state index contributed by atoms with van der Waals surface area (Å²) in [6, 6.07) is 2.27. The fourth-order valence-electron chi connectivity index (χ4n) is 2.20. The van der Waals surface area contributed by atoms with Crippen LogP contribution in [0.4, 0.5) is 4.79 Å². The van der Waals surface area contributed by atoms with Gasteiger partial charge >= 0.3 is 6.09 Å². The van der Waals surface area contributed by atoms with Crippen LogP contribution in [0.1, 0.15) is 33.6 Å². The lowest BCUT2D eigenvalue weighted by Gasteiger charge is -2.33. The molecule has 5 heteroatoms. The number of piperidine rings is 1. The minimum atomic E-state index is -0.462. The third-order valence-corrected chi connectivity index (χ3v) is 3.11. The maximum atomic E-state index is 12.0. The summed E-state index contributed by atoms with van der Waals surface area (Å²) in [6.45, 7) is 6.89. The van der Waals surface area contributed by atoms with E-state index >= 15 is 0 Å². The quantitative estimate of drug-likeness (QED) is 0.729. The standard InChI is InChI=1S/C15H25N3O2/c1-15(2,3)20-14(19)18-8-6-12(7-9-18)13(10-16)11-17(4)5/h11-12H,6-9H2,1-5H3/b13-11+. The molecule has 0 spiro atoms. The number of nitrogens with zero attached hydrogens (tertiary/aromatic N) is 3. The highest BCUT2D eigenvalue weighted by molar-refractivity contribution is 5.68. The van der Waals surface area contributed by atoms with Crippen LogP contribution in [-0.2, 0) is 4.74 Å². The number of ether oxygens (including phenoxy) is 1. The van der Waals surface area contributed by atoms with Crippen LogP contribution in [0, 0.1) is 17.2 Å². The fourth-order valence-corrected chi connectivity index (χ4v) is 2.20.